The minimum absolute atomic E-state index is 0.174. The highest BCUT2D eigenvalue weighted by molar-refractivity contribution is 8.13. The fourth-order valence-electron chi connectivity index (χ4n) is 3.73. The van der Waals surface area contributed by atoms with E-state index >= 15 is 0 Å². The van der Waals surface area contributed by atoms with E-state index < -0.39 is 6.04 Å². The van der Waals surface area contributed by atoms with Crippen LogP contribution in [0.15, 0.2) is 83.9 Å². The van der Waals surface area contributed by atoms with Gasteiger partial charge in [-0.15, -0.1) is 0 Å². The molecule has 2 N–H and O–H groups in total. The Kier molecular flexibility index (Phi) is 7.54. The number of hydrogen-bond donors (Lipinski definition) is 2. The Morgan fingerprint density at radius 2 is 1.82 bits per heavy atom. The normalized spacial score (nSPS) is 11.8. The van der Waals surface area contributed by atoms with Gasteiger partial charge < -0.3 is 10.3 Å². The number of pyridine rings is 2. The van der Waals surface area contributed by atoms with Crippen molar-refractivity contribution in [2.24, 2.45) is 0 Å². The van der Waals surface area contributed by atoms with Crippen molar-refractivity contribution in [3.8, 4) is 0 Å². The van der Waals surface area contributed by atoms with Gasteiger partial charge >= 0.3 is 0 Å². The van der Waals surface area contributed by atoms with E-state index in [9.17, 15) is 14.4 Å². The highest BCUT2D eigenvalue weighted by Crippen LogP contribution is 2.20. The Labute approximate surface area is 201 Å². The van der Waals surface area contributed by atoms with E-state index in [1.807, 2.05) is 48.5 Å². The zero-order valence-electron chi connectivity index (χ0n) is 18.8. The summed E-state index contributed by atoms with van der Waals surface area (Å²) in [5.74, 6) is 0.123. The molecule has 0 saturated carbocycles. The number of aromatic nitrogens is 2. The summed E-state index contributed by atoms with van der Waals surface area (Å²) >= 11 is 1.13. The molecule has 0 aliphatic carbocycles. The van der Waals surface area contributed by atoms with E-state index in [2.05, 4.69) is 22.2 Å². The Morgan fingerprint density at radius 3 is 2.56 bits per heavy atom. The molecule has 1 atom stereocenters. The Balaban J connectivity index is 1.60. The lowest BCUT2D eigenvalue weighted by molar-refractivity contribution is -0.112. The van der Waals surface area contributed by atoms with Crippen LogP contribution < -0.4 is 10.9 Å². The Hall–Kier alpha value is -3.71. The number of nitrogens with zero attached hydrogens (tertiary/aromatic N) is 1. The number of rotatable bonds is 8. The smallest absolute Gasteiger partial charge is 0.251 e. The van der Waals surface area contributed by atoms with Gasteiger partial charge in [0.05, 0.1) is 0 Å². The van der Waals surface area contributed by atoms with Crippen LogP contribution in [0.2, 0.25) is 0 Å². The number of carbonyl (C=O) groups is 2. The molecule has 0 radical (unpaired) electrons. The second-order valence-electron chi connectivity index (χ2n) is 7.95. The van der Waals surface area contributed by atoms with Gasteiger partial charge in [0.25, 0.3) is 5.91 Å². The number of nitrogens with one attached hydrogen (secondary N) is 2. The first-order valence-electron chi connectivity index (χ1n) is 11.1. The van der Waals surface area contributed by atoms with E-state index in [-0.39, 0.29) is 23.0 Å². The van der Waals surface area contributed by atoms with E-state index in [1.54, 1.807) is 24.5 Å². The van der Waals surface area contributed by atoms with Gasteiger partial charge in [0, 0.05) is 47.1 Å². The molecule has 0 saturated heterocycles. The van der Waals surface area contributed by atoms with Gasteiger partial charge in [-0.05, 0) is 47.4 Å². The first-order chi connectivity index (χ1) is 16.5. The molecule has 7 heteroatoms. The van der Waals surface area contributed by atoms with E-state index in [4.69, 9.17) is 0 Å². The topological polar surface area (TPSA) is 91.9 Å². The van der Waals surface area contributed by atoms with Crippen LogP contribution >= 0.6 is 11.8 Å². The summed E-state index contributed by atoms with van der Waals surface area (Å²) in [6.07, 6.45) is 4.49. The van der Waals surface area contributed by atoms with Crippen LogP contribution in [0, 0.1) is 0 Å². The third-order valence-corrected chi connectivity index (χ3v) is 6.63. The minimum atomic E-state index is -0.801. The maximum absolute atomic E-state index is 13.3. The van der Waals surface area contributed by atoms with Crippen LogP contribution in [0.5, 0.6) is 0 Å². The number of fused-ring (bicyclic) bond motifs is 1. The summed E-state index contributed by atoms with van der Waals surface area (Å²) < 4.78 is 0. The van der Waals surface area contributed by atoms with Crippen molar-refractivity contribution in [3.05, 3.63) is 112 Å². The van der Waals surface area contributed by atoms with Crippen molar-refractivity contribution < 1.29 is 9.59 Å². The first-order valence-corrected chi connectivity index (χ1v) is 12.1. The zero-order valence-corrected chi connectivity index (χ0v) is 19.6. The molecule has 2 heterocycles. The van der Waals surface area contributed by atoms with Gasteiger partial charge in [0.2, 0.25) is 10.7 Å². The van der Waals surface area contributed by atoms with Crippen molar-refractivity contribution in [1.29, 1.82) is 0 Å². The average molecular weight is 472 g/mol. The van der Waals surface area contributed by atoms with Gasteiger partial charge in [-0.25, -0.2) is 0 Å². The Bertz CT molecular complexity index is 1350. The standard InChI is InChI=1S/C27H25N3O3S/c1-2-18-9-11-20(12-10-18)26(32)30-24(27(33)34-17-19-6-5-13-28-16-19)14-21-15-25(31)29-23-8-4-3-7-22(21)23/h3-13,15-16,24H,2,14,17H2,1H3,(H,29,31)(H,30,32). The van der Waals surface area contributed by atoms with Crippen molar-refractivity contribution >= 4 is 33.7 Å². The van der Waals surface area contributed by atoms with Crippen molar-refractivity contribution in [2.45, 2.75) is 31.6 Å². The van der Waals surface area contributed by atoms with Gasteiger partial charge in [0.15, 0.2) is 0 Å². The van der Waals surface area contributed by atoms with E-state index in [0.29, 0.717) is 22.4 Å². The number of H-pyrrole nitrogens is 1. The number of thioether (sulfide) groups is 1. The van der Waals surface area contributed by atoms with E-state index in [1.165, 1.54) is 6.07 Å². The number of aryl methyl sites for hydroxylation is 1. The average Bonchev–Trinajstić information content (AvgIpc) is 2.87. The van der Waals surface area contributed by atoms with Crippen LogP contribution in [0.3, 0.4) is 0 Å². The molecule has 0 aliphatic rings. The molecule has 0 fully saturated rings. The monoisotopic (exact) mass is 471 g/mol. The summed E-state index contributed by atoms with van der Waals surface area (Å²) in [4.78, 5) is 45.4. The molecular weight excluding hydrogens is 446 g/mol. The lowest BCUT2D eigenvalue weighted by Crippen LogP contribution is -2.41. The van der Waals surface area contributed by atoms with Crippen LogP contribution in [-0.4, -0.2) is 27.0 Å². The summed E-state index contributed by atoms with van der Waals surface area (Å²) in [5.41, 5.74) is 3.70. The van der Waals surface area contributed by atoms with Gasteiger partial charge in [-0.3, -0.25) is 19.4 Å². The Morgan fingerprint density at radius 1 is 1.03 bits per heavy atom. The van der Waals surface area contributed by atoms with E-state index in [0.717, 1.165) is 34.7 Å². The molecule has 34 heavy (non-hydrogen) atoms. The SMILES string of the molecule is CCc1ccc(C(=O)NC(Cc2cc(=O)[nH]c3ccccc23)C(=O)SCc2cccnc2)cc1. The van der Waals surface area contributed by atoms with Gasteiger partial charge in [-0.2, -0.15) is 0 Å². The second kappa shape index (κ2) is 10.9. The number of amides is 1. The number of para-hydroxylation sites is 1. The molecule has 2 aromatic heterocycles. The fraction of sp³-hybridized carbons (Fsp3) is 0.185. The van der Waals surface area contributed by atoms with Crippen LogP contribution in [-0.2, 0) is 23.4 Å². The van der Waals surface area contributed by atoms with Crippen LogP contribution in [0.4, 0.5) is 0 Å². The molecule has 0 aliphatic heterocycles. The fourth-order valence-corrected chi connectivity index (χ4v) is 4.55. The quantitative estimate of drug-likeness (QED) is 0.400. The highest BCUT2D eigenvalue weighted by atomic mass is 32.2. The van der Waals surface area contributed by atoms with Crippen LogP contribution in [0.1, 0.15) is 34.0 Å². The summed E-state index contributed by atoms with van der Waals surface area (Å²) in [6.45, 7) is 2.05. The molecular formula is C27H25N3O3S. The lowest BCUT2D eigenvalue weighted by atomic mass is 10.0. The molecule has 0 bridgehead atoms. The lowest BCUT2D eigenvalue weighted by Gasteiger charge is -2.18. The molecule has 4 rings (SSSR count). The van der Waals surface area contributed by atoms with Gasteiger partial charge in [0.1, 0.15) is 6.04 Å². The minimum Gasteiger partial charge on any atom is -0.341 e. The highest BCUT2D eigenvalue weighted by Gasteiger charge is 2.23. The van der Waals surface area contributed by atoms with Crippen molar-refractivity contribution in [2.75, 3.05) is 0 Å². The first kappa shape index (κ1) is 23.4. The van der Waals surface area contributed by atoms with Gasteiger partial charge in [-0.1, -0.05) is 55.1 Å². The predicted molar refractivity (Wildman–Crippen MR) is 136 cm³/mol. The summed E-state index contributed by atoms with van der Waals surface area (Å²) in [7, 11) is 0. The van der Waals surface area contributed by atoms with Crippen molar-refractivity contribution in [1.82, 2.24) is 15.3 Å². The number of aromatic amines is 1. The molecule has 6 nitrogen and oxygen atoms in total. The molecule has 2 aromatic carbocycles. The van der Waals surface area contributed by atoms with Crippen LogP contribution in [0.25, 0.3) is 10.9 Å². The molecule has 0 spiro atoms. The summed E-state index contributed by atoms with van der Waals surface area (Å²) in [5, 5.41) is 3.57. The third kappa shape index (κ3) is 5.80. The zero-order chi connectivity index (χ0) is 23.9. The second-order valence-corrected chi connectivity index (χ2v) is 8.93. The molecule has 1 amide bonds. The summed E-state index contributed by atoms with van der Waals surface area (Å²) in [6, 6.07) is 19.2. The van der Waals surface area contributed by atoms with Crippen molar-refractivity contribution in [3.63, 3.8) is 0 Å². The number of hydrogen-bond acceptors (Lipinski definition) is 5. The predicted octanol–water partition coefficient (Wildman–Crippen LogP) is 4.29. The molecule has 1 unspecified atom stereocenters. The maximum Gasteiger partial charge on any atom is 0.251 e. The molecule has 172 valence electrons. The maximum atomic E-state index is 13.3. The third-order valence-electron chi connectivity index (χ3n) is 5.58. The molecule has 4 aromatic rings. The number of benzene rings is 2. The number of carbonyl (C=O) groups excluding carboxylic acids is 2. The largest absolute Gasteiger partial charge is 0.341 e.